The second kappa shape index (κ2) is 9.18. The topological polar surface area (TPSA) is 96.1 Å². The van der Waals surface area contributed by atoms with E-state index in [0.29, 0.717) is 30.8 Å². The standard InChI is InChI=1S/C24H26N4O3S/c1-15(29)26-20-11-16(9-10-25-20)22-23(27-17-7-5-4-6-8-17)21-18(28-22)12-24(2,13-19(21)30)14-31-32-3/h4-11,27-28H,12-14H2,1-3H3,(H,25,26,29). The molecule has 1 unspecified atom stereocenters. The van der Waals surface area contributed by atoms with Crippen molar-refractivity contribution in [2.75, 3.05) is 23.5 Å². The van der Waals surface area contributed by atoms with E-state index in [1.807, 2.05) is 42.7 Å². The number of ketones is 1. The number of fused-ring (bicyclic) bond motifs is 1. The highest BCUT2D eigenvalue weighted by Crippen LogP contribution is 2.44. The molecule has 0 radical (unpaired) electrons. The van der Waals surface area contributed by atoms with Crippen molar-refractivity contribution in [1.82, 2.24) is 9.97 Å². The Kier molecular flexibility index (Phi) is 6.34. The molecule has 0 saturated heterocycles. The molecule has 1 aromatic carbocycles. The van der Waals surface area contributed by atoms with Crippen molar-refractivity contribution in [2.45, 2.75) is 26.7 Å². The molecule has 3 aromatic rings. The molecule has 7 nitrogen and oxygen atoms in total. The number of Topliss-reactive ketones (excluding diaryl/α,β-unsaturated/α-hetero) is 1. The predicted molar refractivity (Wildman–Crippen MR) is 128 cm³/mol. The van der Waals surface area contributed by atoms with Gasteiger partial charge in [-0.3, -0.25) is 9.59 Å². The van der Waals surface area contributed by atoms with E-state index in [-0.39, 0.29) is 17.1 Å². The van der Waals surface area contributed by atoms with Crippen LogP contribution in [0.3, 0.4) is 0 Å². The maximum atomic E-state index is 13.3. The van der Waals surface area contributed by atoms with Gasteiger partial charge in [-0.1, -0.05) is 25.1 Å². The first-order valence-corrected chi connectivity index (χ1v) is 11.5. The Labute approximate surface area is 191 Å². The average molecular weight is 451 g/mol. The highest BCUT2D eigenvalue weighted by molar-refractivity contribution is 7.93. The first kappa shape index (κ1) is 22.1. The molecule has 2 heterocycles. The summed E-state index contributed by atoms with van der Waals surface area (Å²) >= 11 is 1.31. The smallest absolute Gasteiger partial charge is 0.222 e. The molecule has 0 spiro atoms. The fourth-order valence-electron chi connectivity index (χ4n) is 4.10. The number of nitrogens with one attached hydrogen (secondary N) is 3. The molecule has 32 heavy (non-hydrogen) atoms. The Morgan fingerprint density at radius 1 is 1.25 bits per heavy atom. The van der Waals surface area contributed by atoms with Crippen molar-refractivity contribution in [3.8, 4) is 11.3 Å². The van der Waals surface area contributed by atoms with Gasteiger partial charge >= 0.3 is 0 Å². The Balaban J connectivity index is 1.81. The van der Waals surface area contributed by atoms with Crippen LogP contribution in [0.2, 0.25) is 0 Å². The minimum atomic E-state index is -0.279. The molecule has 1 aliphatic carbocycles. The number of para-hydroxylation sites is 1. The Morgan fingerprint density at radius 3 is 2.75 bits per heavy atom. The molecule has 8 heteroatoms. The second-order valence-corrected chi connectivity index (χ2v) is 8.92. The van der Waals surface area contributed by atoms with Crippen molar-refractivity contribution < 1.29 is 13.8 Å². The SMILES string of the molecule is CSOCC1(C)CC(=O)c2c([nH]c(-c3ccnc(NC(C)=O)c3)c2Nc2ccccc2)C1. The minimum Gasteiger partial charge on any atom is -0.356 e. The number of H-pyrrole nitrogens is 1. The summed E-state index contributed by atoms with van der Waals surface area (Å²) in [5.41, 5.74) is 4.53. The molecule has 0 fully saturated rings. The van der Waals surface area contributed by atoms with Crippen LogP contribution < -0.4 is 10.6 Å². The van der Waals surface area contributed by atoms with Crippen LogP contribution in [-0.2, 0) is 15.4 Å². The number of hydrogen-bond acceptors (Lipinski definition) is 6. The largest absolute Gasteiger partial charge is 0.356 e. The second-order valence-electron chi connectivity index (χ2n) is 8.35. The summed E-state index contributed by atoms with van der Waals surface area (Å²) in [7, 11) is 0. The van der Waals surface area contributed by atoms with Crippen LogP contribution in [-0.4, -0.2) is 34.5 Å². The summed E-state index contributed by atoms with van der Waals surface area (Å²) in [5, 5.41) is 6.17. The zero-order chi connectivity index (χ0) is 22.7. The van der Waals surface area contributed by atoms with Gasteiger partial charge in [0, 0.05) is 48.2 Å². The number of benzene rings is 1. The van der Waals surface area contributed by atoms with E-state index in [9.17, 15) is 9.59 Å². The molecule has 1 aliphatic rings. The van der Waals surface area contributed by atoms with Crippen molar-refractivity contribution in [3.05, 3.63) is 59.9 Å². The number of pyridine rings is 1. The number of rotatable bonds is 7. The van der Waals surface area contributed by atoms with Crippen LogP contribution in [0.1, 0.15) is 36.3 Å². The molecule has 0 bridgehead atoms. The predicted octanol–water partition coefficient (Wildman–Crippen LogP) is 5.21. The number of aromatic amines is 1. The number of anilines is 3. The van der Waals surface area contributed by atoms with Gasteiger partial charge in [0.2, 0.25) is 5.91 Å². The molecule has 4 rings (SSSR count). The third kappa shape index (κ3) is 4.71. The van der Waals surface area contributed by atoms with E-state index < -0.39 is 0 Å². The lowest BCUT2D eigenvalue weighted by Gasteiger charge is -2.32. The van der Waals surface area contributed by atoms with E-state index in [2.05, 4.69) is 27.5 Å². The van der Waals surface area contributed by atoms with Gasteiger partial charge in [0.05, 0.1) is 23.6 Å². The van der Waals surface area contributed by atoms with Gasteiger partial charge in [-0.15, -0.1) is 0 Å². The van der Waals surface area contributed by atoms with E-state index in [1.54, 1.807) is 12.3 Å². The third-order valence-corrected chi connectivity index (χ3v) is 5.82. The number of carbonyl (C=O) groups is 2. The number of amides is 1. The Bertz CT molecular complexity index is 1150. The van der Waals surface area contributed by atoms with Gasteiger partial charge in [0.25, 0.3) is 0 Å². The van der Waals surface area contributed by atoms with Gasteiger partial charge in [-0.2, -0.15) is 0 Å². The van der Waals surface area contributed by atoms with E-state index in [4.69, 9.17) is 4.18 Å². The monoisotopic (exact) mass is 450 g/mol. The number of carbonyl (C=O) groups excluding carboxylic acids is 2. The summed E-state index contributed by atoms with van der Waals surface area (Å²) in [4.78, 5) is 32.6. The fraction of sp³-hybridized carbons (Fsp3) is 0.292. The summed E-state index contributed by atoms with van der Waals surface area (Å²) in [6.45, 7) is 4.02. The van der Waals surface area contributed by atoms with Crippen LogP contribution >= 0.6 is 12.0 Å². The molecule has 1 atom stereocenters. The van der Waals surface area contributed by atoms with Gasteiger partial charge in [-0.05, 0) is 42.7 Å². The molecular weight excluding hydrogens is 424 g/mol. The lowest BCUT2D eigenvalue weighted by molar-refractivity contribution is -0.114. The third-order valence-electron chi connectivity index (χ3n) is 5.47. The van der Waals surface area contributed by atoms with E-state index in [1.165, 1.54) is 19.0 Å². The first-order chi connectivity index (χ1) is 15.4. The van der Waals surface area contributed by atoms with Crippen molar-refractivity contribution >= 4 is 40.9 Å². The minimum absolute atomic E-state index is 0.0792. The Morgan fingerprint density at radius 2 is 2.03 bits per heavy atom. The molecular formula is C24H26N4O3S. The van der Waals surface area contributed by atoms with Gasteiger partial charge in [0.1, 0.15) is 5.82 Å². The number of nitrogens with zero attached hydrogens (tertiary/aromatic N) is 1. The van der Waals surface area contributed by atoms with Crippen molar-refractivity contribution in [3.63, 3.8) is 0 Å². The molecule has 0 saturated carbocycles. The molecule has 3 N–H and O–H groups in total. The number of aromatic nitrogens is 2. The molecule has 1 amide bonds. The maximum Gasteiger partial charge on any atom is 0.222 e. The zero-order valence-electron chi connectivity index (χ0n) is 18.3. The van der Waals surface area contributed by atoms with Crippen molar-refractivity contribution in [2.24, 2.45) is 5.41 Å². The lowest BCUT2D eigenvalue weighted by Crippen LogP contribution is -2.33. The summed E-state index contributed by atoms with van der Waals surface area (Å²) in [5.74, 6) is 0.344. The van der Waals surface area contributed by atoms with Crippen LogP contribution in [0.15, 0.2) is 48.7 Å². The lowest BCUT2D eigenvalue weighted by atomic mass is 9.75. The average Bonchev–Trinajstić information content (AvgIpc) is 3.11. The van der Waals surface area contributed by atoms with Crippen LogP contribution in [0.25, 0.3) is 11.3 Å². The normalized spacial score (nSPS) is 17.7. The van der Waals surface area contributed by atoms with Crippen LogP contribution in [0.5, 0.6) is 0 Å². The summed E-state index contributed by atoms with van der Waals surface area (Å²) in [6, 6.07) is 13.4. The van der Waals surface area contributed by atoms with Crippen LogP contribution in [0, 0.1) is 5.41 Å². The Hall–Kier alpha value is -3.10. The van der Waals surface area contributed by atoms with Crippen molar-refractivity contribution in [1.29, 1.82) is 0 Å². The summed E-state index contributed by atoms with van der Waals surface area (Å²) in [6.07, 6.45) is 4.63. The number of hydrogen-bond donors (Lipinski definition) is 3. The van der Waals surface area contributed by atoms with E-state index in [0.717, 1.165) is 28.3 Å². The molecule has 166 valence electrons. The fourth-order valence-corrected chi connectivity index (χ4v) is 4.51. The van der Waals surface area contributed by atoms with Crippen LogP contribution in [0.4, 0.5) is 17.2 Å². The van der Waals surface area contributed by atoms with Gasteiger partial charge in [0.15, 0.2) is 5.78 Å². The summed E-state index contributed by atoms with van der Waals surface area (Å²) < 4.78 is 5.60. The van der Waals surface area contributed by atoms with Gasteiger partial charge < -0.3 is 19.8 Å². The maximum absolute atomic E-state index is 13.3. The molecule has 0 aliphatic heterocycles. The highest BCUT2D eigenvalue weighted by atomic mass is 32.2. The highest BCUT2D eigenvalue weighted by Gasteiger charge is 2.39. The quantitative estimate of drug-likeness (QED) is 0.428. The molecule has 2 aromatic heterocycles. The first-order valence-electron chi connectivity index (χ1n) is 10.4. The zero-order valence-corrected chi connectivity index (χ0v) is 19.1. The van der Waals surface area contributed by atoms with E-state index >= 15 is 0 Å². The van der Waals surface area contributed by atoms with Gasteiger partial charge in [-0.25, -0.2) is 4.98 Å².